The van der Waals surface area contributed by atoms with Crippen LogP contribution in [0.3, 0.4) is 0 Å². The molecule has 10 heavy (non-hydrogen) atoms. The Morgan fingerprint density at radius 1 is 1.80 bits per heavy atom. The third-order valence-electron chi connectivity index (χ3n) is 1.75. The summed E-state index contributed by atoms with van der Waals surface area (Å²) in [5.74, 6) is -0.477. The fraction of sp³-hybridized carbons (Fsp3) is 0.857. The standard InChI is InChI=1S/C7H12O3/c1-5-2-6(4-10-5)3-7(8)9/h5-6H,2-4H2,1H3,(H,8,9). The Bertz CT molecular complexity index is 133. The van der Waals surface area contributed by atoms with Gasteiger partial charge < -0.3 is 9.84 Å². The van der Waals surface area contributed by atoms with Crippen LogP contribution >= 0.6 is 0 Å². The summed E-state index contributed by atoms with van der Waals surface area (Å²) in [7, 11) is 0. The van der Waals surface area contributed by atoms with Crippen molar-refractivity contribution in [1.29, 1.82) is 0 Å². The average molecular weight is 144 g/mol. The van der Waals surface area contributed by atoms with Crippen molar-refractivity contribution in [1.82, 2.24) is 0 Å². The largest absolute Gasteiger partial charge is 0.481 e. The molecule has 0 aliphatic carbocycles. The number of rotatable bonds is 2. The molecule has 1 fully saturated rings. The lowest BCUT2D eigenvalue weighted by molar-refractivity contribution is -0.138. The maximum atomic E-state index is 10.2. The molecule has 0 radical (unpaired) electrons. The molecule has 0 aromatic carbocycles. The van der Waals surface area contributed by atoms with E-state index in [9.17, 15) is 4.79 Å². The van der Waals surface area contributed by atoms with Crippen LogP contribution in [0.25, 0.3) is 0 Å². The molecule has 1 saturated heterocycles. The minimum Gasteiger partial charge on any atom is -0.481 e. The lowest BCUT2D eigenvalue weighted by Crippen LogP contribution is -2.06. The lowest BCUT2D eigenvalue weighted by Gasteiger charge is -2.00. The predicted molar refractivity (Wildman–Crippen MR) is 35.8 cm³/mol. The van der Waals surface area contributed by atoms with Crippen molar-refractivity contribution in [3.8, 4) is 0 Å². The van der Waals surface area contributed by atoms with E-state index in [0.717, 1.165) is 6.42 Å². The fourth-order valence-electron chi connectivity index (χ4n) is 1.30. The maximum Gasteiger partial charge on any atom is 0.303 e. The van der Waals surface area contributed by atoms with Gasteiger partial charge in [0.15, 0.2) is 0 Å². The van der Waals surface area contributed by atoms with Crippen molar-refractivity contribution in [2.24, 2.45) is 5.92 Å². The van der Waals surface area contributed by atoms with E-state index in [1.807, 2.05) is 6.92 Å². The third kappa shape index (κ3) is 1.99. The highest BCUT2D eigenvalue weighted by Crippen LogP contribution is 2.21. The zero-order chi connectivity index (χ0) is 7.56. The molecule has 58 valence electrons. The van der Waals surface area contributed by atoms with Crippen LogP contribution in [-0.4, -0.2) is 23.8 Å². The molecule has 1 aliphatic rings. The van der Waals surface area contributed by atoms with Crippen LogP contribution in [0.4, 0.5) is 0 Å². The van der Waals surface area contributed by atoms with Crippen LogP contribution in [0.1, 0.15) is 19.8 Å². The Morgan fingerprint density at radius 2 is 2.50 bits per heavy atom. The van der Waals surface area contributed by atoms with Gasteiger partial charge in [-0.2, -0.15) is 0 Å². The van der Waals surface area contributed by atoms with Gasteiger partial charge in [-0.15, -0.1) is 0 Å². The number of carboxylic acid groups (broad SMARTS) is 1. The molecule has 2 atom stereocenters. The molecular weight excluding hydrogens is 132 g/mol. The van der Waals surface area contributed by atoms with Crippen LogP contribution in [0, 0.1) is 5.92 Å². The van der Waals surface area contributed by atoms with E-state index in [-0.39, 0.29) is 18.4 Å². The molecule has 1 rings (SSSR count). The Kier molecular flexibility index (Phi) is 2.27. The number of hydrogen-bond acceptors (Lipinski definition) is 2. The summed E-state index contributed by atoms with van der Waals surface area (Å²) >= 11 is 0. The molecule has 0 bridgehead atoms. The summed E-state index contributed by atoms with van der Waals surface area (Å²) in [4.78, 5) is 10.2. The van der Waals surface area contributed by atoms with Crippen molar-refractivity contribution in [2.75, 3.05) is 6.61 Å². The van der Waals surface area contributed by atoms with E-state index in [0.29, 0.717) is 6.61 Å². The first-order chi connectivity index (χ1) is 4.68. The summed E-state index contributed by atoms with van der Waals surface area (Å²) in [6.07, 6.45) is 1.40. The Hall–Kier alpha value is -0.570. The molecule has 3 heteroatoms. The fourth-order valence-corrected chi connectivity index (χ4v) is 1.30. The Labute approximate surface area is 60.0 Å². The highest BCUT2D eigenvalue weighted by Gasteiger charge is 2.23. The monoisotopic (exact) mass is 144 g/mol. The predicted octanol–water partition coefficient (Wildman–Crippen LogP) is 0.886. The first-order valence-electron chi connectivity index (χ1n) is 3.52. The highest BCUT2D eigenvalue weighted by atomic mass is 16.5. The minimum atomic E-state index is -0.720. The molecule has 1 heterocycles. The molecule has 2 unspecified atom stereocenters. The van der Waals surface area contributed by atoms with Gasteiger partial charge in [0.2, 0.25) is 0 Å². The first-order valence-corrected chi connectivity index (χ1v) is 3.52. The van der Waals surface area contributed by atoms with E-state index in [4.69, 9.17) is 9.84 Å². The summed E-state index contributed by atoms with van der Waals surface area (Å²) in [6, 6.07) is 0. The summed E-state index contributed by atoms with van der Waals surface area (Å²) in [6.45, 7) is 2.59. The summed E-state index contributed by atoms with van der Waals surface area (Å²) in [5.41, 5.74) is 0. The first kappa shape index (κ1) is 7.54. The average Bonchev–Trinajstić information content (AvgIpc) is 2.13. The normalized spacial score (nSPS) is 32.5. The van der Waals surface area contributed by atoms with Gasteiger partial charge in [-0.25, -0.2) is 0 Å². The van der Waals surface area contributed by atoms with Gasteiger partial charge in [-0.05, 0) is 19.3 Å². The van der Waals surface area contributed by atoms with Gasteiger partial charge in [0.1, 0.15) is 0 Å². The summed E-state index contributed by atoms with van der Waals surface area (Å²) in [5, 5.41) is 8.40. The van der Waals surface area contributed by atoms with Gasteiger partial charge in [0.25, 0.3) is 0 Å². The van der Waals surface area contributed by atoms with E-state index < -0.39 is 5.97 Å². The van der Waals surface area contributed by atoms with Gasteiger partial charge in [0, 0.05) is 0 Å². The topological polar surface area (TPSA) is 46.5 Å². The summed E-state index contributed by atoms with van der Waals surface area (Å²) < 4.78 is 5.20. The SMILES string of the molecule is CC1CC(CC(=O)O)CO1. The van der Waals surface area contributed by atoms with E-state index in [1.165, 1.54) is 0 Å². The van der Waals surface area contributed by atoms with Gasteiger partial charge in [-0.1, -0.05) is 0 Å². The van der Waals surface area contributed by atoms with Crippen molar-refractivity contribution >= 4 is 5.97 Å². The second-order valence-corrected chi connectivity index (χ2v) is 2.84. The van der Waals surface area contributed by atoms with Crippen molar-refractivity contribution in [3.05, 3.63) is 0 Å². The van der Waals surface area contributed by atoms with Gasteiger partial charge in [0.05, 0.1) is 19.1 Å². The molecule has 0 saturated carbocycles. The number of carbonyl (C=O) groups is 1. The van der Waals surface area contributed by atoms with Crippen LogP contribution in [0.5, 0.6) is 0 Å². The maximum absolute atomic E-state index is 10.2. The number of carboxylic acids is 1. The zero-order valence-electron chi connectivity index (χ0n) is 6.04. The second kappa shape index (κ2) is 3.01. The van der Waals surface area contributed by atoms with Crippen molar-refractivity contribution in [2.45, 2.75) is 25.9 Å². The van der Waals surface area contributed by atoms with Crippen LogP contribution in [-0.2, 0) is 9.53 Å². The molecule has 0 spiro atoms. The molecule has 1 N–H and O–H groups in total. The van der Waals surface area contributed by atoms with Gasteiger partial charge in [-0.3, -0.25) is 4.79 Å². The third-order valence-corrected chi connectivity index (χ3v) is 1.75. The zero-order valence-corrected chi connectivity index (χ0v) is 6.04. The van der Waals surface area contributed by atoms with E-state index in [1.54, 1.807) is 0 Å². The smallest absolute Gasteiger partial charge is 0.303 e. The quantitative estimate of drug-likeness (QED) is 0.626. The number of aliphatic carboxylic acids is 1. The molecular formula is C7H12O3. The number of hydrogen-bond donors (Lipinski definition) is 1. The Morgan fingerprint density at radius 3 is 2.90 bits per heavy atom. The molecule has 0 amide bonds. The van der Waals surface area contributed by atoms with Gasteiger partial charge >= 0.3 is 5.97 Å². The molecule has 0 aromatic heterocycles. The highest BCUT2D eigenvalue weighted by molar-refractivity contribution is 5.67. The lowest BCUT2D eigenvalue weighted by atomic mass is 10.0. The van der Waals surface area contributed by atoms with Crippen LogP contribution in [0.15, 0.2) is 0 Å². The molecule has 3 nitrogen and oxygen atoms in total. The van der Waals surface area contributed by atoms with Crippen LogP contribution < -0.4 is 0 Å². The molecule has 1 aliphatic heterocycles. The molecule has 0 aromatic rings. The van der Waals surface area contributed by atoms with E-state index in [2.05, 4.69) is 0 Å². The number of ether oxygens (including phenoxy) is 1. The van der Waals surface area contributed by atoms with E-state index >= 15 is 0 Å². The minimum absolute atomic E-state index is 0.243. The van der Waals surface area contributed by atoms with Crippen LogP contribution in [0.2, 0.25) is 0 Å². The second-order valence-electron chi connectivity index (χ2n) is 2.84. The van der Waals surface area contributed by atoms with Crippen molar-refractivity contribution < 1.29 is 14.6 Å². The Balaban J connectivity index is 2.24. The van der Waals surface area contributed by atoms with Crippen molar-refractivity contribution in [3.63, 3.8) is 0 Å².